The quantitative estimate of drug-likeness (QED) is 0.432. The van der Waals surface area contributed by atoms with Gasteiger partial charge < -0.3 is 5.32 Å². The van der Waals surface area contributed by atoms with Crippen LogP contribution in [0.5, 0.6) is 0 Å². The molecular weight excluding hydrogens is 506 g/mol. The van der Waals surface area contributed by atoms with Crippen LogP contribution in [0.15, 0.2) is 36.4 Å². The van der Waals surface area contributed by atoms with Crippen LogP contribution in [-0.4, -0.2) is 40.4 Å². The lowest BCUT2D eigenvalue weighted by molar-refractivity contribution is -0.122. The Balaban J connectivity index is 2.04. The SMILES string of the molecule is CCCNC(=O)CN1C(=O)CSC(c2ccc(F)cc2F)c2c(C(C)(C)C)nn(-c3ccc(C)cc3C)c21. The number of amides is 2. The lowest BCUT2D eigenvalue weighted by Crippen LogP contribution is -2.42. The smallest absolute Gasteiger partial charge is 0.240 e. The van der Waals surface area contributed by atoms with Crippen LogP contribution in [0.3, 0.4) is 0 Å². The van der Waals surface area contributed by atoms with Crippen molar-refractivity contribution in [2.24, 2.45) is 0 Å². The molecule has 0 radical (unpaired) electrons. The van der Waals surface area contributed by atoms with Gasteiger partial charge in [0.25, 0.3) is 0 Å². The molecule has 1 aliphatic heterocycles. The fraction of sp³-hybridized carbons (Fsp3) is 0.414. The summed E-state index contributed by atoms with van der Waals surface area (Å²) in [5, 5.41) is 7.25. The van der Waals surface area contributed by atoms with E-state index >= 15 is 4.39 Å². The van der Waals surface area contributed by atoms with Gasteiger partial charge in [0.1, 0.15) is 24.0 Å². The lowest BCUT2D eigenvalue weighted by atomic mass is 9.87. The predicted molar refractivity (Wildman–Crippen MR) is 148 cm³/mol. The maximum absolute atomic E-state index is 15.2. The molecule has 0 bridgehead atoms. The van der Waals surface area contributed by atoms with E-state index in [1.165, 1.54) is 28.8 Å². The molecule has 4 rings (SSSR count). The van der Waals surface area contributed by atoms with Crippen LogP contribution >= 0.6 is 11.8 Å². The van der Waals surface area contributed by atoms with Gasteiger partial charge in [0.05, 0.1) is 22.4 Å². The number of fused-ring (bicyclic) bond motifs is 1. The maximum atomic E-state index is 15.2. The van der Waals surface area contributed by atoms with Crippen molar-refractivity contribution < 1.29 is 18.4 Å². The average molecular weight is 541 g/mol. The van der Waals surface area contributed by atoms with Crippen LogP contribution in [0.2, 0.25) is 0 Å². The van der Waals surface area contributed by atoms with E-state index in [4.69, 9.17) is 5.10 Å². The molecule has 3 aromatic rings. The molecular formula is C29H34F2N4O2S. The molecule has 38 heavy (non-hydrogen) atoms. The first kappa shape index (κ1) is 27.8. The number of hydrogen-bond donors (Lipinski definition) is 1. The van der Waals surface area contributed by atoms with Crippen LogP contribution in [0.1, 0.15) is 67.3 Å². The molecule has 2 aromatic carbocycles. The first-order chi connectivity index (χ1) is 17.9. The number of halogens is 2. The molecule has 1 aliphatic rings. The predicted octanol–water partition coefficient (Wildman–Crippen LogP) is 5.76. The largest absolute Gasteiger partial charge is 0.355 e. The van der Waals surface area contributed by atoms with E-state index in [-0.39, 0.29) is 29.7 Å². The number of hydrogen-bond acceptors (Lipinski definition) is 4. The van der Waals surface area contributed by atoms with Crippen molar-refractivity contribution in [3.63, 3.8) is 0 Å². The zero-order valence-electron chi connectivity index (χ0n) is 22.7. The Kier molecular flexibility index (Phi) is 7.97. The zero-order valence-corrected chi connectivity index (χ0v) is 23.5. The van der Waals surface area contributed by atoms with Gasteiger partial charge in [0, 0.05) is 29.2 Å². The Morgan fingerprint density at radius 2 is 1.89 bits per heavy atom. The molecule has 2 heterocycles. The number of benzene rings is 2. The van der Waals surface area contributed by atoms with Crippen molar-refractivity contribution in [2.45, 2.75) is 58.6 Å². The number of nitrogens with zero attached hydrogens (tertiary/aromatic N) is 3. The number of thioether (sulfide) groups is 1. The Labute approximate surface area is 226 Å². The average Bonchev–Trinajstić information content (AvgIpc) is 3.16. The van der Waals surface area contributed by atoms with E-state index in [1.54, 1.807) is 4.68 Å². The molecule has 1 unspecified atom stereocenters. The van der Waals surface area contributed by atoms with E-state index < -0.39 is 22.3 Å². The first-order valence-corrected chi connectivity index (χ1v) is 13.8. The van der Waals surface area contributed by atoms with Crippen molar-refractivity contribution in [2.75, 3.05) is 23.7 Å². The molecule has 0 fully saturated rings. The van der Waals surface area contributed by atoms with Gasteiger partial charge in [-0.2, -0.15) is 5.10 Å². The maximum Gasteiger partial charge on any atom is 0.240 e. The molecule has 6 nitrogen and oxygen atoms in total. The fourth-order valence-electron chi connectivity index (χ4n) is 4.71. The Hall–Kier alpha value is -3.20. The number of nitrogens with one attached hydrogen (secondary N) is 1. The fourth-order valence-corrected chi connectivity index (χ4v) is 5.93. The van der Waals surface area contributed by atoms with Gasteiger partial charge in [-0.15, -0.1) is 11.8 Å². The molecule has 1 aromatic heterocycles. The second-order valence-electron chi connectivity index (χ2n) is 10.7. The summed E-state index contributed by atoms with van der Waals surface area (Å²) in [7, 11) is 0. The van der Waals surface area contributed by atoms with Gasteiger partial charge in [-0.1, -0.05) is 51.5 Å². The Morgan fingerprint density at radius 3 is 2.53 bits per heavy atom. The third-order valence-corrected chi connectivity index (χ3v) is 7.74. The highest BCUT2D eigenvalue weighted by Gasteiger charge is 2.40. The second kappa shape index (κ2) is 10.9. The standard InChI is InChI=1S/C29H34F2N4O2S/c1-7-12-32-23(36)15-34-24(37)16-38-26(20-10-9-19(30)14-21(20)31)25-27(29(4,5)6)33-35(28(25)34)22-11-8-17(2)13-18(22)3/h8-11,13-14,26H,7,12,15-16H2,1-6H3,(H,32,36). The molecule has 1 atom stereocenters. The molecule has 2 amide bonds. The molecule has 1 N–H and O–H groups in total. The number of anilines is 1. The summed E-state index contributed by atoms with van der Waals surface area (Å²) in [6.45, 7) is 12.3. The van der Waals surface area contributed by atoms with E-state index in [0.717, 1.165) is 29.3 Å². The van der Waals surface area contributed by atoms with E-state index in [1.807, 2.05) is 59.7 Å². The summed E-state index contributed by atoms with van der Waals surface area (Å²) in [5.74, 6) is -1.45. The van der Waals surface area contributed by atoms with Gasteiger partial charge >= 0.3 is 0 Å². The highest BCUT2D eigenvalue weighted by molar-refractivity contribution is 8.00. The molecule has 0 aliphatic carbocycles. The number of aryl methyl sites for hydroxylation is 2. The minimum absolute atomic E-state index is 0.0215. The van der Waals surface area contributed by atoms with Crippen LogP contribution in [0.25, 0.3) is 5.69 Å². The normalized spacial score (nSPS) is 15.8. The third kappa shape index (κ3) is 5.48. The van der Waals surface area contributed by atoms with Crippen LogP contribution in [0, 0.1) is 25.5 Å². The van der Waals surface area contributed by atoms with Crippen molar-refractivity contribution in [3.8, 4) is 5.69 Å². The lowest BCUT2D eigenvalue weighted by Gasteiger charge is -2.25. The topological polar surface area (TPSA) is 67.2 Å². The number of carbonyl (C=O) groups excluding carboxylic acids is 2. The van der Waals surface area contributed by atoms with E-state index in [2.05, 4.69) is 5.32 Å². The molecule has 202 valence electrons. The summed E-state index contributed by atoms with van der Waals surface area (Å²) in [5.41, 5.74) is 3.92. The van der Waals surface area contributed by atoms with E-state index in [0.29, 0.717) is 23.6 Å². The zero-order chi connectivity index (χ0) is 27.8. The number of carbonyl (C=O) groups is 2. The Bertz CT molecular complexity index is 1380. The molecule has 0 spiro atoms. The summed E-state index contributed by atoms with van der Waals surface area (Å²) < 4.78 is 30.8. The minimum Gasteiger partial charge on any atom is -0.355 e. The summed E-state index contributed by atoms with van der Waals surface area (Å²) in [4.78, 5) is 28.0. The highest BCUT2D eigenvalue weighted by Crippen LogP contribution is 2.49. The van der Waals surface area contributed by atoms with Gasteiger partial charge in [-0.05, 0) is 38.0 Å². The third-order valence-electron chi connectivity index (χ3n) is 6.50. The second-order valence-corrected chi connectivity index (χ2v) is 11.8. The molecule has 0 saturated heterocycles. The monoisotopic (exact) mass is 540 g/mol. The summed E-state index contributed by atoms with van der Waals surface area (Å²) in [6.07, 6.45) is 0.765. The van der Waals surface area contributed by atoms with Gasteiger partial charge in [0.15, 0.2) is 0 Å². The summed E-state index contributed by atoms with van der Waals surface area (Å²) in [6, 6.07) is 9.46. The molecule has 0 saturated carbocycles. The van der Waals surface area contributed by atoms with E-state index in [9.17, 15) is 14.0 Å². The minimum atomic E-state index is -0.686. The highest BCUT2D eigenvalue weighted by atomic mass is 32.2. The van der Waals surface area contributed by atoms with Gasteiger partial charge in [-0.25, -0.2) is 13.5 Å². The Morgan fingerprint density at radius 1 is 1.16 bits per heavy atom. The van der Waals surface area contributed by atoms with Crippen LogP contribution in [0.4, 0.5) is 14.6 Å². The molecule has 9 heteroatoms. The van der Waals surface area contributed by atoms with Crippen molar-refractivity contribution in [3.05, 3.63) is 76.0 Å². The number of aromatic nitrogens is 2. The van der Waals surface area contributed by atoms with Crippen LogP contribution < -0.4 is 10.2 Å². The van der Waals surface area contributed by atoms with Crippen molar-refractivity contribution >= 4 is 29.4 Å². The van der Waals surface area contributed by atoms with Crippen molar-refractivity contribution in [1.29, 1.82) is 0 Å². The number of rotatable bonds is 6. The van der Waals surface area contributed by atoms with Crippen LogP contribution in [-0.2, 0) is 15.0 Å². The summed E-state index contributed by atoms with van der Waals surface area (Å²) >= 11 is 1.26. The van der Waals surface area contributed by atoms with Gasteiger partial charge in [0.2, 0.25) is 11.8 Å². The first-order valence-electron chi connectivity index (χ1n) is 12.8. The van der Waals surface area contributed by atoms with Gasteiger partial charge in [-0.3, -0.25) is 14.5 Å². The van der Waals surface area contributed by atoms with Crippen molar-refractivity contribution in [1.82, 2.24) is 15.1 Å².